The summed E-state index contributed by atoms with van der Waals surface area (Å²) >= 11 is 0. The zero-order chi connectivity index (χ0) is 14.2. The molecule has 2 aliphatic carbocycles. The molecule has 2 aromatic rings. The molecular weight excluding hydrogens is 268 g/mol. The number of aromatic nitrogens is 2. The lowest BCUT2D eigenvalue weighted by Crippen LogP contribution is -2.12. The van der Waals surface area contributed by atoms with Crippen molar-refractivity contribution in [2.45, 2.75) is 44.6 Å². The number of carbonyl (C=O) groups excluding carboxylic acids is 1. The lowest BCUT2D eigenvalue weighted by atomic mass is 9.90. The van der Waals surface area contributed by atoms with Gasteiger partial charge in [0.15, 0.2) is 18.2 Å². The highest BCUT2D eigenvalue weighted by Crippen LogP contribution is 2.38. The maximum atomic E-state index is 11.9. The molecule has 1 aromatic heterocycles. The van der Waals surface area contributed by atoms with Crippen molar-refractivity contribution in [3.63, 3.8) is 0 Å². The second-order valence-corrected chi connectivity index (χ2v) is 5.67. The zero-order valence-corrected chi connectivity index (χ0v) is 11.7. The first-order valence-electron chi connectivity index (χ1n) is 7.41. The summed E-state index contributed by atoms with van der Waals surface area (Å²) in [6.45, 7) is 0.254. The monoisotopic (exact) mass is 284 g/mol. The van der Waals surface area contributed by atoms with Crippen LogP contribution in [-0.4, -0.2) is 15.9 Å². The number of benzene rings is 1. The van der Waals surface area contributed by atoms with Crippen molar-refractivity contribution < 1.29 is 14.1 Å². The minimum absolute atomic E-state index is 0.204. The average Bonchev–Trinajstić information content (AvgIpc) is 3.25. The number of carbonyl (C=O) groups is 1. The topological polar surface area (TPSA) is 65.2 Å². The third-order valence-corrected chi connectivity index (χ3v) is 4.04. The van der Waals surface area contributed by atoms with Gasteiger partial charge in [0.25, 0.3) is 5.89 Å². The summed E-state index contributed by atoms with van der Waals surface area (Å²) in [6, 6.07) is 5.64. The Kier molecular flexibility index (Phi) is 2.98. The highest BCUT2D eigenvalue weighted by molar-refractivity contribution is 5.99. The fourth-order valence-corrected chi connectivity index (χ4v) is 2.75. The van der Waals surface area contributed by atoms with Crippen LogP contribution >= 0.6 is 0 Å². The van der Waals surface area contributed by atoms with Crippen LogP contribution in [-0.2, 0) is 13.0 Å². The molecular formula is C16H16N2O3. The van der Waals surface area contributed by atoms with Gasteiger partial charge in [-0.1, -0.05) is 17.3 Å². The summed E-state index contributed by atoms with van der Waals surface area (Å²) in [5.41, 5.74) is 1.80. The van der Waals surface area contributed by atoms with E-state index in [0.29, 0.717) is 18.2 Å². The van der Waals surface area contributed by atoms with E-state index in [1.165, 1.54) is 0 Å². The largest absolute Gasteiger partial charge is 0.483 e. The van der Waals surface area contributed by atoms with Crippen LogP contribution in [0.25, 0.3) is 0 Å². The third-order valence-electron chi connectivity index (χ3n) is 4.04. The van der Waals surface area contributed by atoms with Gasteiger partial charge in [-0.25, -0.2) is 0 Å². The number of rotatable bonds is 4. The van der Waals surface area contributed by atoms with Crippen LogP contribution in [0, 0.1) is 0 Å². The smallest absolute Gasteiger partial charge is 0.264 e. The molecule has 0 radical (unpaired) electrons. The first-order valence-corrected chi connectivity index (χ1v) is 7.41. The molecule has 5 heteroatoms. The molecule has 0 unspecified atom stereocenters. The van der Waals surface area contributed by atoms with Gasteiger partial charge in [-0.2, -0.15) is 4.98 Å². The molecule has 1 fully saturated rings. The first kappa shape index (κ1) is 12.6. The summed E-state index contributed by atoms with van der Waals surface area (Å²) in [5.74, 6) is 2.72. The van der Waals surface area contributed by atoms with E-state index in [4.69, 9.17) is 9.26 Å². The SMILES string of the molecule is O=C1CCCc2c(OCc3nc(C4CC4)no3)cccc21. The number of nitrogens with zero attached hydrogens (tertiary/aromatic N) is 2. The van der Waals surface area contributed by atoms with E-state index < -0.39 is 0 Å². The van der Waals surface area contributed by atoms with Gasteiger partial charge < -0.3 is 9.26 Å². The molecule has 1 saturated carbocycles. The lowest BCUT2D eigenvalue weighted by molar-refractivity contribution is 0.0971. The molecule has 4 rings (SSSR count). The highest BCUT2D eigenvalue weighted by atomic mass is 16.5. The Morgan fingerprint density at radius 2 is 2.19 bits per heavy atom. The molecule has 0 saturated heterocycles. The molecule has 0 amide bonds. The minimum atomic E-state index is 0.204. The summed E-state index contributed by atoms with van der Waals surface area (Å²) in [7, 11) is 0. The number of ether oxygens (including phenoxy) is 1. The van der Waals surface area contributed by atoms with Crippen LogP contribution in [0.3, 0.4) is 0 Å². The Labute approximate surface area is 122 Å². The van der Waals surface area contributed by atoms with E-state index >= 15 is 0 Å². The van der Waals surface area contributed by atoms with Gasteiger partial charge in [0, 0.05) is 23.5 Å². The van der Waals surface area contributed by atoms with Gasteiger partial charge in [0.2, 0.25) is 0 Å². The van der Waals surface area contributed by atoms with Crippen molar-refractivity contribution >= 4 is 5.78 Å². The fraction of sp³-hybridized carbons (Fsp3) is 0.438. The summed E-state index contributed by atoms with van der Waals surface area (Å²) in [5, 5.41) is 3.97. The molecule has 2 aliphatic rings. The van der Waals surface area contributed by atoms with Crippen LogP contribution in [0.4, 0.5) is 0 Å². The Morgan fingerprint density at radius 3 is 3.05 bits per heavy atom. The standard InChI is InChI=1S/C16H16N2O3/c19-13-5-1-4-12-11(13)3-2-6-14(12)20-9-15-17-16(18-21-15)10-7-8-10/h2-3,6,10H,1,4-5,7-9H2. The van der Waals surface area contributed by atoms with Crippen molar-refractivity contribution in [3.8, 4) is 5.75 Å². The van der Waals surface area contributed by atoms with E-state index in [1.807, 2.05) is 18.2 Å². The lowest BCUT2D eigenvalue weighted by Gasteiger charge is -2.17. The average molecular weight is 284 g/mol. The van der Waals surface area contributed by atoms with E-state index in [-0.39, 0.29) is 12.4 Å². The summed E-state index contributed by atoms with van der Waals surface area (Å²) < 4.78 is 11.0. The predicted molar refractivity (Wildman–Crippen MR) is 74.3 cm³/mol. The van der Waals surface area contributed by atoms with Crippen molar-refractivity contribution in [1.82, 2.24) is 10.1 Å². The predicted octanol–water partition coefficient (Wildman–Crippen LogP) is 3.05. The van der Waals surface area contributed by atoms with Crippen molar-refractivity contribution in [2.24, 2.45) is 0 Å². The number of hydrogen-bond acceptors (Lipinski definition) is 5. The van der Waals surface area contributed by atoms with Gasteiger partial charge in [-0.15, -0.1) is 0 Å². The zero-order valence-electron chi connectivity index (χ0n) is 11.7. The van der Waals surface area contributed by atoms with Crippen LogP contribution in [0.2, 0.25) is 0 Å². The molecule has 0 aliphatic heterocycles. The normalized spacial score (nSPS) is 17.6. The quantitative estimate of drug-likeness (QED) is 0.863. The first-order chi connectivity index (χ1) is 10.3. The maximum Gasteiger partial charge on any atom is 0.264 e. The van der Waals surface area contributed by atoms with Gasteiger partial charge in [0.1, 0.15) is 5.75 Å². The molecule has 0 atom stereocenters. The van der Waals surface area contributed by atoms with Crippen LogP contribution in [0.15, 0.2) is 22.7 Å². The van der Waals surface area contributed by atoms with Crippen molar-refractivity contribution in [3.05, 3.63) is 41.0 Å². The van der Waals surface area contributed by atoms with Crippen LogP contribution in [0.5, 0.6) is 5.75 Å². The fourth-order valence-electron chi connectivity index (χ4n) is 2.75. The van der Waals surface area contributed by atoms with E-state index in [2.05, 4.69) is 10.1 Å². The van der Waals surface area contributed by atoms with Gasteiger partial charge in [-0.05, 0) is 31.7 Å². The maximum absolute atomic E-state index is 11.9. The highest BCUT2D eigenvalue weighted by Gasteiger charge is 2.29. The molecule has 21 heavy (non-hydrogen) atoms. The molecule has 0 N–H and O–H groups in total. The van der Waals surface area contributed by atoms with E-state index in [0.717, 1.165) is 48.4 Å². The molecule has 108 valence electrons. The van der Waals surface area contributed by atoms with E-state index in [1.54, 1.807) is 0 Å². The summed E-state index contributed by atoms with van der Waals surface area (Å²) in [4.78, 5) is 16.2. The molecule has 5 nitrogen and oxygen atoms in total. The molecule has 0 bridgehead atoms. The Balaban J connectivity index is 1.51. The number of fused-ring (bicyclic) bond motifs is 1. The Hall–Kier alpha value is -2.17. The van der Waals surface area contributed by atoms with Gasteiger partial charge in [-0.3, -0.25) is 4.79 Å². The second kappa shape index (κ2) is 4.98. The molecule has 1 aromatic carbocycles. The van der Waals surface area contributed by atoms with E-state index in [9.17, 15) is 4.79 Å². The minimum Gasteiger partial charge on any atom is -0.483 e. The summed E-state index contributed by atoms with van der Waals surface area (Å²) in [6.07, 6.45) is 4.69. The third kappa shape index (κ3) is 2.44. The number of ketones is 1. The van der Waals surface area contributed by atoms with Gasteiger partial charge in [0.05, 0.1) is 0 Å². The number of hydrogen-bond donors (Lipinski definition) is 0. The van der Waals surface area contributed by atoms with Crippen molar-refractivity contribution in [1.29, 1.82) is 0 Å². The molecule has 1 heterocycles. The number of Topliss-reactive ketones (excluding diaryl/α,β-unsaturated/α-hetero) is 1. The van der Waals surface area contributed by atoms with Crippen molar-refractivity contribution in [2.75, 3.05) is 0 Å². The Bertz CT molecular complexity index is 689. The molecule has 0 spiro atoms. The van der Waals surface area contributed by atoms with Gasteiger partial charge >= 0.3 is 0 Å². The Morgan fingerprint density at radius 1 is 1.29 bits per heavy atom. The van der Waals surface area contributed by atoms with Crippen LogP contribution in [0.1, 0.15) is 59.2 Å². The second-order valence-electron chi connectivity index (χ2n) is 5.67. The van der Waals surface area contributed by atoms with Crippen LogP contribution < -0.4 is 4.74 Å².